The van der Waals surface area contributed by atoms with Gasteiger partial charge in [0.1, 0.15) is 18.5 Å². The Kier molecular flexibility index (Phi) is 4.29. The first-order valence-electron chi connectivity index (χ1n) is 7.54. The molecule has 116 valence electrons. The van der Waals surface area contributed by atoms with Crippen LogP contribution in [-0.4, -0.2) is 5.97 Å². The molecule has 2 aromatic rings. The fourth-order valence-corrected chi connectivity index (χ4v) is 2.90. The van der Waals surface area contributed by atoms with Crippen molar-refractivity contribution in [1.82, 2.24) is 0 Å². The van der Waals surface area contributed by atoms with Crippen molar-refractivity contribution in [2.45, 2.75) is 26.1 Å². The van der Waals surface area contributed by atoms with Gasteiger partial charge in [0.25, 0.3) is 0 Å². The van der Waals surface area contributed by atoms with E-state index in [1.54, 1.807) is 0 Å². The van der Waals surface area contributed by atoms with Crippen molar-refractivity contribution in [2.75, 3.05) is 0 Å². The van der Waals surface area contributed by atoms with Crippen LogP contribution < -0.4 is 4.74 Å². The van der Waals surface area contributed by atoms with E-state index in [0.29, 0.717) is 18.8 Å². The van der Waals surface area contributed by atoms with E-state index in [4.69, 9.17) is 9.47 Å². The molecule has 0 saturated heterocycles. The number of carbonyl (C=O) groups is 1. The Hall–Kier alpha value is -2.80. The van der Waals surface area contributed by atoms with Crippen LogP contribution in [0.5, 0.6) is 5.75 Å². The number of hydrogen-bond donors (Lipinski definition) is 0. The number of esters is 1. The van der Waals surface area contributed by atoms with Crippen LogP contribution in [-0.2, 0) is 22.6 Å². The zero-order chi connectivity index (χ0) is 16.2. The van der Waals surface area contributed by atoms with Gasteiger partial charge in [-0.05, 0) is 23.6 Å². The van der Waals surface area contributed by atoms with Crippen molar-refractivity contribution in [3.05, 3.63) is 65.2 Å². The number of fused-ring (bicyclic) bond motifs is 2. The summed E-state index contributed by atoms with van der Waals surface area (Å²) in [5, 5.41) is 9.65. The third-order valence-corrected chi connectivity index (χ3v) is 3.99. The van der Waals surface area contributed by atoms with Crippen molar-refractivity contribution >= 4 is 5.97 Å². The second kappa shape index (κ2) is 6.53. The third-order valence-electron chi connectivity index (χ3n) is 3.99. The van der Waals surface area contributed by atoms with Crippen molar-refractivity contribution in [3.8, 4) is 11.8 Å². The van der Waals surface area contributed by atoms with Gasteiger partial charge in [-0.1, -0.05) is 42.5 Å². The van der Waals surface area contributed by atoms with E-state index in [0.717, 1.165) is 16.7 Å². The maximum absolute atomic E-state index is 11.5. The molecule has 0 aromatic heterocycles. The van der Waals surface area contributed by atoms with Gasteiger partial charge >= 0.3 is 5.97 Å². The molecule has 0 bridgehead atoms. The Labute approximate surface area is 135 Å². The van der Waals surface area contributed by atoms with Crippen LogP contribution in [0.4, 0.5) is 0 Å². The minimum absolute atomic E-state index is 0.405. The van der Waals surface area contributed by atoms with Gasteiger partial charge in [0.15, 0.2) is 0 Å². The number of nitrogens with zero attached hydrogens (tertiary/aromatic N) is 1. The monoisotopic (exact) mass is 307 g/mol. The topological polar surface area (TPSA) is 59.3 Å². The van der Waals surface area contributed by atoms with Gasteiger partial charge in [-0.15, -0.1) is 0 Å². The first-order valence-corrected chi connectivity index (χ1v) is 7.54. The molecule has 2 aromatic carbocycles. The fourth-order valence-electron chi connectivity index (χ4n) is 2.90. The summed E-state index contributed by atoms with van der Waals surface area (Å²) in [4.78, 5) is 11.5. The Morgan fingerprint density at radius 2 is 1.87 bits per heavy atom. The van der Waals surface area contributed by atoms with E-state index in [9.17, 15) is 10.1 Å². The zero-order valence-electron chi connectivity index (χ0n) is 12.9. The molecule has 0 spiro atoms. The van der Waals surface area contributed by atoms with Crippen LogP contribution in [0.15, 0.2) is 48.5 Å². The summed E-state index contributed by atoms with van der Waals surface area (Å²) in [5.74, 6) is -0.226. The zero-order valence-corrected chi connectivity index (χ0v) is 12.9. The quantitative estimate of drug-likeness (QED) is 0.756. The number of rotatable bonds is 1. The van der Waals surface area contributed by atoms with Crippen LogP contribution in [0, 0.1) is 17.2 Å². The predicted octanol–water partition coefficient (Wildman–Crippen LogP) is 3.57. The lowest BCUT2D eigenvalue weighted by atomic mass is 9.89. The molecule has 0 saturated carbocycles. The van der Waals surface area contributed by atoms with E-state index < -0.39 is 18.0 Å². The Morgan fingerprint density at radius 3 is 2.61 bits per heavy atom. The van der Waals surface area contributed by atoms with Gasteiger partial charge in [0.05, 0.1) is 12.0 Å². The van der Waals surface area contributed by atoms with Crippen molar-refractivity contribution in [3.63, 3.8) is 0 Å². The molecule has 0 amide bonds. The molecule has 2 atom stereocenters. The number of ether oxygens (including phenoxy) is 2. The van der Waals surface area contributed by atoms with E-state index >= 15 is 0 Å². The van der Waals surface area contributed by atoms with Gasteiger partial charge in [0, 0.05) is 12.5 Å². The minimum Gasteiger partial charge on any atom is -0.488 e. The second-order valence-corrected chi connectivity index (χ2v) is 5.56. The number of carbonyl (C=O) groups excluding carboxylic acids is 1. The highest BCUT2D eigenvalue weighted by molar-refractivity contribution is 5.66. The van der Waals surface area contributed by atoms with Gasteiger partial charge in [-0.3, -0.25) is 4.79 Å². The van der Waals surface area contributed by atoms with Gasteiger partial charge in [-0.2, -0.15) is 5.26 Å². The van der Waals surface area contributed by atoms with Crippen LogP contribution in [0.1, 0.15) is 29.7 Å². The number of benzene rings is 2. The highest BCUT2D eigenvalue weighted by Gasteiger charge is 2.30. The largest absolute Gasteiger partial charge is 0.488 e. The van der Waals surface area contributed by atoms with E-state index in [2.05, 4.69) is 6.07 Å². The fraction of sp³-hybridized carbons (Fsp3) is 0.263. The third kappa shape index (κ3) is 3.19. The lowest BCUT2D eigenvalue weighted by Crippen LogP contribution is -2.19. The van der Waals surface area contributed by atoms with Crippen molar-refractivity contribution < 1.29 is 14.3 Å². The molecule has 1 aliphatic heterocycles. The second-order valence-electron chi connectivity index (χ2n) is 5.56. The van der Waals surface area contributed by atoms with Crippen LogP contribution in [0.2, 0.25) is 0 Å². The van der Waals surface area contributed by atoms with Gasteiger partial charge in [-0.25, -0.2) is 0 Å². The first-order chi connectivity index (χ1) is 11.2. The number of hydrogen-bond acceptors (Lipinski definition) is 4. The summed E-state index contributed by atoms with van der Waals surface area (Å²) >= 11 is 0. The summed E-state index contributed by atoms with van der Waals surface area (Å²) in [5.41, 5.74) is 2.83. The molecule has 1 heterocycles. The standard InChI is InChI=1S/C19H17NO3/c1-13(21)23-19-16(11-20)10-14-6-2-3-7-15(14)12-22-18-9-5-4-8-17(18)19/h2-9,16,19H,10,12H2,1H3/t16-,19-/m0/s1. The molecule has 4 heteroatoms. The Balaban J connectivity index is 2.11. The number of nitriles is 1. The average molecular weight is 307 g/mol. The molecular formula is C19H17NO3. The molecule has 0 N–H and O–H groups in total. The normalized spacial score (nSPS) is 19.7. The SMILES string of the molecule is CC(=O)O[C@@H]1c2ccccc2OCc2ccccc2C[C@H]1C#N. The van der Waals surface area contributed by atoms with Gasteiger partial charge in [0.2, 0.25) is 0 Å². The molecular weight excluding hydrogens is 290 g/mol. The molecule has 0 radical (unpaired) electrons. The van der Waals surface area contributed by atoms with E-state index in [1.807, 2.05) is 48.5 Å². The average Bonchev–Trinajstić information content (AvgIpc) is 2.62. The summed E-state index contributed by atoms with van der Waals surface area (Å²) in [6.45, 7) is 1.79. The number of para-hydroxylation sites is 1. The molecule has 4 nitrogen and oxygen atoms in total. The minimum atomic E-state index is -0.639. The highest BCUT2D eigenvalue weighted by atomic mass is 16.5. The molecule has 1 aliphatic rings. The van der Waals surface area contributed by atoms with Crippen LogP contribution in [0.3, 0.4) is 0 Å². The smallest absolute Gasteiger partial charge is 0.303 e. The Morgan fingerprint density at radius 1 is 1.17 bits per heavy atom. The predicted molar refractivity (Wildman–Crippen MR) is 84.5 cm³/mol. The Bertz CT molecular complexity index is 763. The lowest BCUT2D eigenvalue weighted by Gasteiger charge is -2.23. The molecule has 0 fully saturated rings. The van der Waals surface area contributed by atoms with Crippen molar-refractivity contribution in [2.24, 2.45) is 5.92 Å². The molecule has 3 rings (SSSR count). The molecule has 23 heavy (non-hydrogen) atoms. The summed E-state index contributed by atoms with van der Waals surface area (Å²) < 4.78 is 11.4. The maximum atomic E-state index is 11.5. The first kappa shape index (κ1) is 15.1. The summed E-state index contributed by atoms with van der Waals surface area (Å²) in [6, 6.07) is 17.6. The van der Waals surface area contributed by atoms with E-state index in [-0.39, 0.29) is 0 Å². The lowest BCUT2D eigenvalue weighted by molar-refractivity contribution is -0.148. The van der Waals surface area contributed by atoms with Crippen molar-refractivity contribution in [1.29, 1.82) is 5.26 Å². The highest BCUT2D eigenvalue weighted by Crippen LogP contribution is 2.37. The van der Waals surface area contributed by atoms with Crippen LogP contribution in [0.25, 0.3) is 0 Å². The molecule has 0 aliphatic carbocycles. The van der Waals surface area contributed by atoms with E-state index in [1.165, 1.54) is 6.92 Å². The summed E-state index contributed by atoms with van der Waals surface area (Å²) in [7, 11) is 0. The molecule has 0 unspecified atom stereocenters. The van der Waals surface area contributed by atoms with Gasteiger partial charge < -0.3 is 9.47 Å². The van der Waals surface area contributed by atoms with Crippen LogP contribution >= 0.6 is 0 Å². The maximum Gasteiger partial charge on any atom is 0.303 e. The summed E-state index contributed by atoms with van der Waals surface area (Å²) in [6.07, 6.45) is -0.123.